The first-order valence-corrected chi connectivity index (χ1v) is 7.47. The SMILES string of the molecule is C=C(/C(OC)=C(Cl)\N=C/N)N1CCc2ccc(C(F)(F)F)cc2C1. The van der Waals surface area contributed by atoms with Gasteiger partial charge < -0.3 is 15.4 Å². The number of aliphatic imine (C=N–C) groups is 1. The Labute approximate surface area is 143 Å². The Morgan fingerprint density at radius 1 is 1.42 bits per heavy atom. The van der Waals surface area contributed by atoms with Gasteiger partial charge in [-0.1, -0.05) is 24.2 Å². The molecule has 1 heterocycles. The predicted octanol–water partition coefficient (Wildman–Crippen LogP) is 3.62. The first-order chi connectivity index (χ1) is 11.3. The number of ether oxygens (including phenoxy) is 1. The molecule has 0 saturated carbocycles. The molecule has 1 aromatic carbocycles. The van der Waals surface area contributed by atoms with Gasteiger partial charge in [0.15, 0.2) is 10.9 Å². The molecule has 1 aliphatic heterocycles. The van der Waals surface area contributed by atoms with Crippen LogP contribution in [0.2, 0.25) is 0 Å². The highest BCUT2D eigenvalue weighted by atomic mass is 35.5. The standard InChI is InChI=1S/C16H17ClF3N3O/c1-10(14(24-2)15(17)22-9-21)23-6-5-11-3-4-13(16(18,19)20)7-12(11)8-23/h3-4,7,9H,1,5-6,8H2,2H3,(H2,21,22)/b15-14+. The molecule has 0 bridgehead atoms. The molecule has 0 unspecified atom stereocenters. The van der Waals surface area contributed by atoms with Crippen LogP contribution in [-0.4, -0.2) is 24.9 Å². The van der Waals surface area contributed by atoms with Gasteiger partial charge in [-0.3, -0.25) is 0 Å². The molecule has 2 rings (SSSR count). The highest BCUT2D eigenvalue weighted by Crippen LogP contribution is 2.33. The van der Waals surface area contributed by atoms with Crippen LogP contribution in [0.15, 0.2) is 46.4 Å². The van der Waals surface area contributed by atoms with Crippen molar-refractivity contribution >= 4 is 17.9 Å². The van der Waals surface area contributed by atoms with Crippen molar-refractivity contribution in [3.05, 3.63) is 58.1 Å². The molecule has 1 aromatic rings. The van der Waals surface area contributed by atoms with Crippen molar-refractivity contribution in [2.24, 2.45) is 10.7 Å². The van der Waals surface area contributed by atoms with E-state index in [1.807, 2.05) is 0 Å². The lowest BCUT2D eigenvalue weighted by molar-refractivity contribution is -0.137. The normalized spacial score (nSPS) is 16.0. The third-order valence-electron chi connectivity index (χ3n) is 3.77. The van der Waals surface area contributed by atoms with E-state index in [0.29, 0.717) is 24.2 Å². The number of alkyl halides is 3. The summed E-state index contributed by atoms with van der Waals surface area (Å²) < 4.78 is 43.9. The van der Waals surface area contributed by atoms with Gasteiger partial charge in [0.2, 0.25) is 0 Å². The van der Waals surface area contributed by atoms with E-state index in [2.05, 4.69) is 11.6 Å². The Kier molecular flexibility index (Phi) is 5.43. The Hall–Kier alpha value is -2.15. The summed E-state index contributed by atoms with van der Waals surface area (Å²) >= 11 is 5.99. The minimum absolute atomic E-state index is 0.0276. The van der Waals surface area contributed by atoms with Crippen molar-refractivity contribution in [2.45, 2.75) is 19.1 Å². The number of hydrogen-bond acceptors (Lipinski definition) is 3. The zero-order valence-corrected chi connectivity index (χ0v) is 13.8. The van der Waals surface area contributed by atoms with Crippen LogP contribution in [0.4, 0.5) is 13.2 Å². The zero-order chi connectivity index (χ0) is 17.9. The van der Waals surface area contributed by atoms with Crippen LogP contribution in [0.1, 0.15) is 16.7 Å². The van der Waals surface area contributed by atoms with Crippen LogP contribution in [-0.2, 0) is 23.9 Å². The van der Waals surface area contributed by atoms with E-state index < -0.39 is 11.7 Å². The average molecular weight is 360 g/mol. The lowest BCUT2D eigenvalue weighted by Crippen LogP contribution is -2.31. The number of halogens is 4. The maximum Gasteiger partial charge on any atom is 0.416 e. The molecule has 24 heavy (non-hydrogen) atoms. The molecule has 0 saturated heterocycles. The topological polar surface area (TPSA) is 50.9 Å². The van der Waals surface area contributed by atoms with Gasteiger partial charge >= 0.3 is 6.18 Å². The van der Waals surface area contributed by atoms with Crippen LogP contribution in [0.5, 0.6) is 0 Å². The lowest BCUT2D eigenvalue weighted by Gasteiger charge is -2.33. The molecule has 2 N–H and O–H groups in total. The van der Waals surface area contributed by atoms with Gasteiger partial charge in [-0.15, -0.1) is 0 Å². The minimum atomic E-state index is -4.37. The van der Waals surface area contributed by atoms with E-state index in [9.17, 15) is 13.2 Å². The fourth-order valence-corrected chi connectivity index (χ4v) is 2.80. The lowest BCUT2D eigenvalue weighted by atomic mass is 9.96. The second-order valence-corrected chi connectivity index (χ2v) is 5.56. The van der Waals surface area contributed by atoms with Gasteiger partial charge in [-0.2, -0.15) is 13.2 Å². The third kappa shape index (κ3) is 3.84. The molecule has 0 amide bonds. The summed E-state index contributed by atoms with van der Waals surface area (Å²) in [5.41, 5.74) is 6.47. The highest BCUT2D eigenvalue weighted by Gasteiger charge is 2.32. The van der Waals surface area contributed by atoms with Crippen LogP contribution < -0.4 is 5.73 Å². The second kappa shape index (κ2) is 7.17. The summed E-state index contributed by atoms with van der Waals surface area (Å²) in [6.45, 7) is 4.78. The number of rotatable bonds is 4. The Morgan fingerprint density at radius 2 is 2.12 bits per heavy atom. The summed E-state index contributed by atoms with van der Waals surface area (Å²) in [6, 6.07) is 3.80. The third-order valence-corrected chi connectivity index (χ3v) is 4.04. The number of hydrogen-bond donors (Lipinski definition) is 1. The first kappa shape index (κ1) is 18.2. The number of nitrogens with zero attached hydrogens (tertiary/aromatic N) is 2. The van der Waals surface area contributed by atoms with Crippen LogP contribution in [0, 0.1) is 0 Å². The molecule has 0 spiro atoms. The predicted molar refractivity (Wildman–Crippen MR) is 87.3 cm³/mol. The van der Waals surface area contributed by atoms with E-state index in [1.165, 1.54) is 19.2 Å². The van der Waals surface area contributed by atoms with Gasteiger partial charge in [-0.25, -0.2) is 4.99 Å². The fourth-order valence-electron chi connectivity index (χ4n) is 2.55. The van der Waals surface area contributed by atoms with Crippen molar-refractivity contribution < 1.29 is 17.9 Å². The van der Waals surface area contributed by atoms with Crippen molar-refractivity contribution in [1.82, 2.24) is 4.90 Å². The number of benzene rings is 1. The Morgan fingerprint density at radius 3 is 2.71 bits per heavy atom. The molecule has 0 fully saturated rings. The molecule has 0 atom stereocenters. The van der Waals surface area contributed by atoms with Gasteiger partial charge in [0, 0.05) is 13.1 Å². The summed E-state index contributed by atoms with van der Waals surface area (Å²) in [5, 5.41) is 0.0276. The maximum atomic E-state index is 12.9. The largest absolute Gasteiger partial charge is 0.491 e. The van der Waals surface area contributed by atoms with Crippen LogP contribution >= 0.6 is 11.6 Å². The molecule has 8 heteroatoms. The number of methoxy groups -OCH3 is 1. The van der Waals surface area contributed by atoms with E-state index in [0.717, 1.165) is 18.0 Å². The van der Waals surface area contributed by atoms with Crippen molar-refractivity contribution in [3.63, 3.8) is 0 Å². The summed E-state index contributed by atoms with van der Waals surface area (Å²) in [6.07, 6.45) is -2.75. The van der Waals surface area contributed by atoms with E-state index in [-0.39, 0.29) is 17.5 Å². The van der Waals surface area contributed by atoms with Gasteiger partial charge in [-0.05, 0) is 29.7 Å². The average Bonchev–Trinajstić information content (AvgIpc) is 2.53. The molecule has 0 aromatic heterocycles. The van der Waals surface area contributed by atoms with E-state index in [4.69, 9.17) is 22.1 Å². The zero-order valence-electron chi connectivity index (χ0n) is 13.0. The molecule has 1 aliphatic rings. The van der Waals surface area contributed by atoms with Gasteiger partial charge in [0.05, 0.1) is 24.7 Å². The monoisotopic (exact) mass is 359 g/mol. The molecule has 130 valence electrons. The molecular weight excluding hydrogens is 343 g/mol. The van der Waals surface area contributed by atoms with E-state index >= 15 is 0 Å². The number of fused-ring (bicyclic) bond motifs is 1. The second-order valence-electron chi connectivity index (χ2n) is 5.20. The summed E-state index contributed by atoms with van der Waals surface area (Å²) in [4.78, 5) is 5.54. The smallest absolute Gasteiger partial charge is 0.416 e. The Bertz CT molecular complexity index is 698. The summed E-state index contributed by atoms with van der Waals surface area (Å²) in [7, 11) is 1.41. The number of nitrogens with two attached hydrogens (primary N) is 1. The molecular formula is C16H17ClF3N3O. The fraction of sp³-hybridized carbons (Fsp3) is 0.312. The molecule has 0 radical (unpaired) electrons. The summed E-state index contributed by atoms with van der Waals surface area (Å²) in [5.74, 6) is 0.230. The van der Waals surface area contributed by atoms with Crippen molar-refractivity contribution in [1.29, 1.82) is 0 Å². The Balaban J connectivity index is 2.28. The van der Waals surface area contributed by atoms with Gasteiger partial charge in [0.25, 0.3) is 0 Å². The molecule has 4 nitrogen and oxygen atoms in total. The van der Waals surface area contributed by atoms with Crippen LogP contribution in [0.25, 0.3) is 0 Å². The van der Waals surface area contributed by atoms with E-state index in [1.54, 1.807) is 4.90 Å². The highest BCUT2D eigenvalue weighted by molar-refractivity contribution is 6.30. The first-order valence-electron chi connectivity index (χ1n) is 7.09. The maximum absolute atomic E-state index is 12.9. The molecule has 0 aliphatic carbocycles. The van der Waals surface area contributed by atoms with Crippen molar-refractivity contribution in [3.8, 4) is 0 Å². The van der Waals surface area contributed by atoms with Crippen molar-refractivity contribution in [2.75, 3.05) is 13.7 Å². The van der Waals surface area contributed by atoms with Crippen LogP contribution in [0.3, 0.4) is 0 Å². The van der Waals surface area contributed by atoms with Gasteiger partial charge in [0.1, 0.15) is 0 Å². The minimum Gasteiger partial charge on any atom is -0.491 e. The quantitative estimate of drug-likeness (QED) is 0.294.